The second-order valence-electron chi connectivity index (χ2n) is 1.72. The molecule has 2 N–H and O–H groups in total. The fourth-order valence-electron chi connectivity index (χ4n) is 0.517. The van der Waals surface area contributed by atoms with Gasteiger partial charge in [0.25, 0.3) is 0 Å². The van der Waals surface area contributed by atoms with Crippen molar-refractivity contribution in [3.8, 4) is 0 Å². The lowest BCUT2D eigenvalue weighted by Gasteiger charge is -2.17. The standard InChI is InChI=1S/C5H8O3/c6-4-1-2-8-3-5(4)7/h1-2,4-7H,3H2/t4-,5+/m0/s1. The Morgan fingerprint density at radius 2 is 2.25 bits per heavy atom. The summed E-state index contributed by atoms with van der Waals surface area (Å²) in [6, 6.07) is 0. The van der Waals surface area contributed by atoms with Crippen LogP contribution < -0.4 is 0 Å². The van der Waals surface area contributed by atoms with Gasteiger partial charge in [-0.3, -0.25) is 0 Å². The first-order valence-corrected chi connectivity index (χ1v) is 2.45. The first kappa shape index (κ1) is 5.59. The van der Waals surface area contributed by atoms with Gasteiger partial charge in [0.15, 0.2) is 0 Å². The fourth-order valence-corrected chi connectivity index (χ4v) is 0.517. The minimum absolute atomic E-state index is 0.192. The summed E-state index contributed by atoms with van der Waals surface area (Å²) in [6.07, 6.45) is 1.30. The molecular weight excluding hydrogens is 108 g/mol. The largest absolute Gasteiger partial charge is 0.499 e. The molecule has 46 valence electrons. The van der Waals surface area contributed by atoms with Gasteiger partial charge in [-0.25, -0.2) is 0 Å². The van der Waals surface area contributed by atoms with Gasteiger partial charge in [-0.05, 0) is 6.08 Å². The van der Waals surface area contributed by atoms with E-state index < -0.39 is 12.2 Å². The molecule has 0 aromatic heterocycles. The maximum absolute atomic E-state index is 8.76. The zero-order valence-corrected chi connectivity index (χ0v) is 4.32. The van der Waals surface area contributed by atoms with E-state index in [2.05, 4.69) is 4.74 Å². The molecule has 1 heterocycles. The monoisotopic (exact) mass is 116 g/mol. The van der Waals surface area contributed by atoms with Crippen molar-refractivity contribution in [1.82, 2.24) is 0 Å². The summed E-state index contributed by atoms with van der Waals surface area (Å²) in [5.41, 5.74) is 0. The third kappa shape index (κ3) is 0.993. The minimum atomic E-state index is -0.750. The van der Waals surface area contributed by atoms with E-state index in [1.807, 2.05) is 0 Å². The van der Waals surface area contributed by atoms with Gasteiger partial charge >= 0.3 is 0 Å². The van der Waals surface area contributed by atoms with Crippen molar-refractivity contribution in [2.24, 2.45) is 0 Å². The van der Waals surface area contributed by atoms with Crippen molar-refractivity contribution >= 4 is 0 Å². The van der Waals surface area contributed by atoms with E-state index in [4.69, 9.17) is 10.2 Å². The number of aliphatic hydroxyl groups excluding tert-OH is 2. The molecule has 1 aliphatic rings. The normalized spacial score (nSPS) is 36.8. The molecule has 0 bridgehead atoms. The first-order valence-electron chi connectivity index (χ1n) is 2.45. The average molecular weight is 116 g/mol. The minimum Gasteiger partial charge on any atom is -0.499 e. The Kier molecular flexibility index (Phi) is 1.50. The lowest BCUT2D eigenvalue weighted by molar-refractivity contribution is -0.0108. The number of aliphatic hydroxyl groups is 2. The quantitative estimate of drug-likeness (QED) is 0.438. The van der Waals surface area contributed by atoms with Gasteiger partial charge in [-0.2, -0.15) is 0 Å². The number of rotatable bonds is 0. The Hall–Kier alpha value is -0.540. The van der Waals surface area contributed by atoms with Crippen molar-refractivity contribution in [1.29, 1.82) is 0 Å². The van der Waals surface area contributed by atoms with Gasteiger partial charge in [0, 0.05) is 0 Å². The van der Waals surface area contributed by atoms with Crippen LogP contribution in [0.25, 0.3) is 0 Å². The van der Waals surface area contributed by atoms with Gasteiger partial charge in [-0.1, -0.05) is 0 Å². The van der Waals surface area contributed by atoms with Crippen molar-refractivity contribution in [2.75, 3.05) is 6.61 Å². The zero-order chi connectivity index (χ0) is 5.98. The summed E-state index contributed by atoms with van der Waals surface area (Å²) >= 11 is 0. The van der Waals surface area contributed by atoms with Crippen LogP contribution in [0.3, 0.4) is 0 Å². The number of hydrogen-bond donors (Lipinski definition) is 2. The second kappa shape index (κ2) is 2.15. The van der Waals surface area contributed by atoms with Crippen LogP contribution >= 0.6 is 0 Å². The average Bonchev–Trinajstić information content (AvgIpc) is 1.77. The molecule has 0 unspecified atom stereocenters. The molecule has 0 aliphatic carbocycles. The smallest absolute Gasteiger partial charge is 0.117 e. The molecule has 3 nitrogen and oxygen atoms in total. The molecule has 0 fully saturated rings. The molecule has 3 heteroatoms. The highest BCUT2D eigenvalue weighted by Gasteiger charge is 2.15. The third-order valence-corrected chi connectivity index (χ3v) is 1.03. The van der Waals surface area contributed by atoms with Crippen LogP contribution in [0, 0.1) is 0 Å². The van der Waals surface area contributed by atoms with Gasteiger partial charge in [0.1, 0.15) is 18.8 Å². The first-order chi connectivity index (χ1) is 3.80. The van der Waals surface area contributed by atoms with Crippen molar-refractivity contribution in [3.63, 3.8) is 0 Å². The summed E-state index contributed by atoms with van der Waals surface area (Å²) in [5.74, 6) is 0. The molecule has 8 heavy (non-hydrogen) atoms. The molecule has 0 radical (unpaired) electrons. The van der Waals surface area contributed by atoms with Crippen molar-refractivity contribution < 1.29 is 14.9 Å². The SMILES string of the molecule is O[C@@H]1COC=C[C@@H]1O. The Balaban J connectivity index is 2.47. The summed E-state index contributed by atoms with van der Waals surface area (Å²) in [7, 11) is 0. The highest BCUT2D eigenvalue weighted by Crippen LogP contribution is 2.02. The molecule has 0 spiro atoms. The van der Waals surface area contributed by atoms with Crippen molar-refractivity contribution in [2.45, 2.75) is 12.2 Å². The van der Waals surface area contributed by atoms with Crippen LogP contribution in [0.4, 0.5) is 0 Å². The Bertz CT molecular complexity index is 99.8. The Labute approximate surface area is 47.2 Å². The Morgan fingerprint density at radius 3 is 2.62 bits per heavy atom. The van der Waals surface area contributed by atoms with Gasteiger partial charge < -0.3 is 14.9 Å². The number of hydrogen-bond acceptors (Lipinski definition) is 3. The maximum atomic E-state index is 8.76. The topological polar surface area (TPSA) is 49.7 Å². The van der Waals surface area contributed by atoms with E-state index in [1.165, 1.54) is 12.3 Å². The highest BCUT2D eigenvalue weighted by molar-refractivity contribution is 4.91. The fraction of sp³-hybridized carbons (Fsp3) is 0.600. The van der Waals surface area contributed by atoms with Crippen LogP contribution in [0.5, 0.6) is 0 Å². The van der Waals surface area contributed by atoms with E-state index in [0.29, 0.717) is 0 Å². The molecule has 0 saturated carbocycles. The van der Waals surface area contributed by atoms with Gasteiger partial charge in [-0.15, -0.1) is 0 Å². The third-order valence-electron chi connectivity index (χ3n) is 1.03. The summed E-state index contributed by atoms with van der Waals surface area (Å²) in [4.78, 5) is 0. The van der Waals surface area contributed by atoms with Crippen LogP contribution in [0.15, 0.2) is 12.3 Å². The summed E-state index contributed by atoms with van der Waals surface area (Å²) in [6.45, 7) is 0.192. The molecule has 0 amide bonds. The van der Waals surface area contributed by atoms with Crippen LogP contribution in [0.1, 0.15) is 0 Å². The van der Waals surface area contributed by atoms with Gasteiger partial charge in [0.2, 0.25) is 0 Å². The molecule has 1 rings (SSSR count). The predicted octanol–water partition coefficient (Wildman–Crippen LogP) is -0.748. The molecule has 0 aromatic carbocycles. The van der Waals surface area contributed by atoms with E-state index in [-0.39, 0.29) is 6.61 Å². The molecular formula is C5H8O3. The lowest BCUT2D eigenvalue weighted by atomic mass is 10.2. The van der Waals surface area contributed by atoms with Crippen molar-refractivity contribution in [3.05, 3.63) is 12.3 Å². The number of ether oxygens (including phenoxy) is 1. The van der Waals surface area contributed by atoms with Crippen LogP contribution in [-0.4, -0.2) is 29.0 Å². The lowest BCUT2D eigenvalue weighted by Crippen LogP contribution is -2.30. The molecule has 1 aliphatic heterocycles. The maximum Gasteiger partial charge on any atom is 0.117 e. The summed E-state index contributed by atoms with van der Waals surface area (Å²) in [5, 5.41) is 17.5. The van der Waals surface area contributed by atoms with Crippen LogP contribution in [-0.2, 0) is 4.74 Å². The highest BCUT2D eigenvalue weighted by atomic mass is 16.5. The van der Waals surface area contributed by atoms with E-state index in [1.54, 1.807) is 0 Å². The van der Waals surface area contributed by atoms with E-state index in [0.717, 1.165) is 0 Å². The van der Waals surface area contributed by atoms with E-state index >= 15 is 0 Å². The molecule has 2 atom stereocenters. The Morgan fingerprint density at radius 1 is 1.50 bits per heavy atom. The second-order valence-corrected chi connectivity index (χ2v) is 1.72. The molecule has 0 aromatic rings. The predicted molar refractivity (Wildman–Crippen MR) is 27.1 cm³/mol. The van der Waals surface area contributed by atoms with Crippen LogP contribution in [0.2, 0.25) is 0 Å². The summed E-state index contributed by atoms with van der Waals surface area (Å²) < 4.78 is 4.66. The molecule has 0 saturated heterocycles. The van der Waals surface area contributed by atoms with Gasteiger partial charge in [0.05, 0.1) is 6.26 Å². The zero-order valence-electron chi connectivity index (χ0n) is 4.32. The van der Waals surface area contributed by atoms with E-state index in [9.17, 15) is 0 Å².